The lowest BCUT2D eigenvalue weighted by atomic mass is 9.77. The summed E-state index contributed by atoms with van der Waals surface area (Å²) >= 11 is 7.01. The molecule has 0 spiro atoms. The van der Waals surface area contributed by atoms with Crippen molar-refractivity contribution in [2.24, 2.45) is 0 Å². The number of fused-ring (bicyclic) bond motifs is 1. The lowest BCUT2D eigenvalue weighted by molar-refractivity contribution is -0.125. The van der Waals surface area contributed by atoms with Crippen LogP contribution in [0.5, 0.6) is 0 Å². The number of hydrogen-bond acceptors (Lipinski definition) is 6. The molecular formula is C32H38B3ClN6O2. The van der Waals surface area contributed by atoms with Crippen LogP contribution in [0.1, 0.15) is 49.9 Å². The van der Waals surface area contributed by atoms with E-state index in [2.05, 4.69) is 22.6 Å². The zero-order chi connectivity index (χ0) is 32.1. The molecule has 224 valence electrons. The molecule has 1 aromatic carbocycles. The van der Waals surface area contributed by atoms with E-state index >= 15 is 0 Å². The van der Waals surface area contributed by atoms with Gasteiger partial charge in [-0.3, -0.25) is 9.78 Å². The molecule has 0 N–H and O–H groups in total. The fourth-order valence-electron chi connectivity index (χ4n) is 5.33. The summed E-state index contributed by atoms with van der Waals surface area (Å²) in [5.74, 6) is 0.354. The number of pyridine rings is 2. The third-order valence-electron chi connectivity index (χ3n) is 7.43. The van der Waals surface area contributed by atoms with Crippen molar-refractivity contribution in [1.29, 1.82) is 0 Å². The Morgan fingerprint density at radius 2 is 1.86 bits per heavy atom. The monoisotopic (exact) mass is 606 g/mol. The minimum Gasteiger partial charge on any atom is -0.405 e. The molecule has 0 bridgehead atoms. The first-order valence-corrected chi connectivity index (χ1v) is 15.3. The largest absolute Gasteiger partial charge is 0.405 e. The minimum absolute atomic E-state index is 0.0475. The lowest BCUT2D eigenvalue weighted by Crippen LogP contribution is -2.39. The van der Waals surface area contributed by atoms with E-state index in [9.17, 15) is 9.59 Å². The number of nitrogens with zero attached hydrogens (tertiary/aromatic N) is 6. The molecule has 0 aliphatic carbocycles. The molecule has 3 aromatic heterocycles. The van der Waals surface area contributed by atoms with Crippen LogP contribution >= 0.6 is 11.6 Å². The van der Waals surface area contributed by atoms with Gasteiger partial charge in [0, 0.05) is 31.4 Å². The maximum absolute atomic E-state index is 14.1. The van der Waals surface area contributed by atoms with Crippen LogP contribution in [-0.4, -0.2) is 73.6 Å². The Balaban J connectivity index is 2.02. The van der Waals surface area contributed by atoms with Crippen LogP contribution in [0, 0.1) is 6.92 Å². The van der Waals surface area contributed by atoms with Crippen LogP contribution in [0.15, 0.2) is 65.4 Å². The van der Waals surface area contributed by atoms with Gasteiger partial charge in [-0.2, -0.15) is 4.98 Å². The number of carbonyl (C=O) groups excluding carboxylic acids is 1. The third-order valence-corrected chi connectivity index (χ3v) is 7.72. The van der Waals surface area contributed by atoms with Gasteiger partial charge in [0.2, 0.25) is 13.9 Å². The first-order valence-electron chi connectivity index (χ1n) is 14.9. The summed E-state index contributed by atoms with van der Waals surface area (Å²) in [6.45, 7) is 13.2. The van der Waals surface area contributed by atoms with Crippen LogP contribution in [-0.2, 0) is 4.79 Å². The van der Waals surface area contributed by atoms with Gasteiger partial charge in [0.25, 0.3) is 0 Å². The SMILES string of the molecule is BC(B)=Cc1ccccc1-c1nc2c(cc1Cl)c(N(B)CCN(CCC)C(=O)C=C)nc(=O)n2-c1c(C)ccnc1C(C)C. The molecule has 8 nitrogen and oxygen atoms in total. The number of benzene rings is 1. The summed E-state index contributed by atoms with van der Waals surface area (Å²) in [6, 6.07) is 11.7. The van der Waals surface area contributed by atoms with Crippen LogP contribution in [0.4, 0.5) is 5.82 Å². The number of halogens is 1. The van der Waals surface area contributed by atoms with Crippen LogP contribution < -0.4 is 10.5 Å². The molecule has 0 aliphatic rings. The highest BCUT2D eigenvalue weighted by molar-refractivity contribution is 6.50. The van der Waals surface area contributed by atoms with Gasteiger partial charge in [0.05, 0.1) is 27.5 Å². The molecule has 44 heavy (non-hydrogen) atoms. The molecule has 0 aliphatic heterocycles. The summed E-state index contributed by atoms with van der Waals surface area (Å²) < 4.78 is 1.57. The van der Waals surface area contributed by atoms with Crippen molar-refractivity contribution < 1.29 is 4.79 Å². The smallest absolute Gasteiger partial charge is 0.355 e. The van der Waals surface area contributed by atoms with Gasteiger partial charge in [-0.05, 0) is 48.6 Å². The quantitative estimate of drug-likeness (QED) is 0.193. The summed E-state index contributed by atoms with van der Waals surface area (Å²) in [7, 11) is 5.94. The van der Waals surface area contributed by atoms with Crippen molar-refractivity contribution in [3.05, 3.63) is 92.9 Å². The van der Waals surface area contributed by atoms with Gasteiger partial charge in [-0.1, -0.05) is 69.3 Å². The fourth-order valence-corrected chi connectivity index (χ4v) is 5.58. The second-order valence-electron chi connectivity index (χ2n) is 11.5. The van der Waals surface area contributed by atoms with Gasteiger partial charge < -0.3 is 9.71 Å². The molecule has 12 heteroatoms. The Morgan fingerprint density at radius 1 is 1.14 bits per heavy atom. The van der Waals surface area contributed by atoms with Gasteiger partial charge >= 0.3 is 5.69 Å². The molecule has 3 heterocycles. The Labute approximate surface area is 267 Å². The van der Waals surface area contributed by atoms with Crippen LogP contribution in [0.3, 0.4) is 0 Å². The molecule has 0 unspecified atom stereocenters. The summed E-state index contributed by atoms with van der Waals surface area (Å²) in [4.78, 5) is 44.5. The summed E-state index contributed by atoms with van der Waals surface area (Å²) in [6.07, 6.45) is 5.99. The first kappa shape index (κ1) is 32.8. The number of hydrogen-bond donors (Lipinski definition) is 0. The topological polar surface area (TPSA) is 84.2 Å². The molecular weight excluding hydrogens is 568 g/mol. The molecule has 4 aromatic rings. The number of carbonyl (C=O) groups is 1. The summed E-state index contributed by atoms with van der Waals surface area (Å²) in [5.41, 5.74) is 4.70. The van der Waals surface area contributed by atoms with Gasteiger partial charge in [-0.15, -0.1) is 5.37 Å². The van der Waals surface area contributed by atoms with Crippen molar-refractivity contribution in [1.82, 2.24) is 24.4 Å². The average Bonchev–Trinajstić information content (AvgIpc) is 2.98. The Kier molecular flexibility index (Phi) is 10.5. The molecule has 0 saturated heterocycles. The molecule has 0 radical (unpaired) electrons. The number of amides is 1. The summed E-state index contributed by atoms with van der Waals surface area (Å²) in [5, 5.41) is 2.20. The molecule has 0 saturated carbocycles. The predicted octanol–water partition coefficient (Wildman–Crippen LogP) is 3.27. The van der Waals surface area contributed by atoms with E-state index in [0.717, 1.165) is 34.2 Å². The second kappa shape index (κ2) is 14.1. The molecule has 0 atom stereocenters. The molecule has 4 rings (SSSR count). The Morgan fingerprint density at radius 3 is 2.52 bits per heavy atom. The Bertz CT molecular complexity index is 1800. The van der Waals surface area contributed by atoms with E-state index < -0.39 is 5.69 Å². The highest BCUT2D eigenvalue weighted by Crippen LogP contribution is 2.36. The third kappa shape index (κ3) is 6.83. The second-order valence-corrected chi connectivity index (χ2v) is 11.9. The lowest BCUT2D eigenvalue weighted by Gasteiger charge is -2.27. The molecule has 1 amide bonds. The van der Waals surface area contributed by atoms with E-state index in [0.29, 0.717) is 52.9 Å². The number of anilines is 1. The first-order chi connectivity index (χ1) is 21.0. The van der Waals surface area contributed by atoms with Crippen molar-refractivity contribution in [3.63, 3.8) is 0 Å². The van der Waals surface area contributed by atoms with Gasteiger partial charge in [0.15, 0.2) is 5.65 Å². The zero-order valence-corrected chi connectivity index (χ0v) is 27.4. The van der Waals surface area contributed by atoms with Gasteiger partial charge in [0.1, 0.15) is 21.5 Å². The van der Waals surface area contributed by atoms with E-state index in [4.69, 9.17) is 16.6 Å². The fraction of sp³-hybridized carbons (Fsp3) is 0.281. The number of aromatic nitrogens is 4. The van der Waals surface area contributed by atoms with E-state index in [1.807, 2.05) is 92.6 Å². The van der Waals surface area contributed by atoms with E-state index in [-0.39, 0.29) is 11.8 Å². The minimum atomic E-state index is -0.469. The average molecular weight is 607 g/mol. The number of aryl methyl sites for hydroxylation is 1. The number of rotatable bonds is 11. The highest BCUT2D eigenvalue weighted by atomic mass is 35.5. The highest BCUT2D eigenvalue weighted by Gasteiger charge is 2.23. The van der Waals surface area contributed by atoms with Crippen molar-refractivity contribution in [3.8, 4) is 16.9 Å². The van der Waals surface area contributed by atoms with E-state index in [1.54, 1.807) is 15.7 Å². The van der Waals surface area contributed by atoms with Crippen LogP contribution in [0.25, 0.3) is 34.1 Å². The maximum Gasteiger partial charge on any atom is 0.355 e. The standard InChI is InChI=1S/C32H38B3ClN6O2/c1-6-14-40(26(43)7-2)15-16-41(35)30-23-18-24(36)28(22-11-9-8-10-21(22)17-25(33)34)38-31(23)42(32(44)39-30)29-20(5)12-13-37-27(29)19(3)4/h7-13,17-19H,2,6,14-16,33-35H2,1,3-5H3. The predicted molar refractivity (Wildman–Crippen MR) is 190 cm³/mol. The van der Waals surface area contributed by atoms with Crippen molar-refractivity contribution >= 4 is 64.1 Å². The zero-order valence-electron chi connectivity index (χ0n) is 26.7. The maximum atomic E-state index is 14.1. The van der Waals surface area contributed by atoms with Gasteiger partial charge in [-0.25, -0.2) is 14.3 Å². The van der Waals surface area contributed by atoms with Crippen molar-refractivity contribution in [2.75, 3.05) is 24.4 Å². The molecule has 0 fully saturated rings. The van der Waals surface area contributed by atoms with Crippen LogP contribution in [0.2, 0.25) is 5.02 Å². The Hall–Kier alpha value is -4.11. The normalized spacial score (nSPS) is 11.0. The van der Waals surface area contributed by atoms with E-state index in [1.165, 1.54) is 6.08 Å². The van der Waals surface area contributed by atoms with Crippen molar-refractivity contribution in [2.45, 2.75) is 40.0 Å².